The van der Waals surface area contributed by atoms with Crippen LogP contribution in [0.5, 0.6) is 0 Å². The van der Waals surface area contributed by atoms with Gasteiger partial charge in [-0.3, -0.25) is 0 Å². The Hall–Kier alpha value is -12.6. The third-order valence-corrected chi connectivity index (χ3v) is 19.7. The number of benzene rings is 15. The Morgan fingerprint density at radius 3 is 1.13 bits per heavy atom. The Kier molecular flexibility index (Phi) is 11.3. The molecule has 5 heterocycles. The molecule has 0 bridgehead atoms. The lowest BCUT2D eigenvalue weighted by molar-refractivity contribution is 1.17. The molecule has 0 spiro atoms. The van der Waals surface area contributed by atoms with E-state index in [1.54, 1.807) is 0 Å². The van der Waals surface area contributed by atoms with Crippen LogP contribution in [-0.4, -0.2) is 28.2 Å². The highest BCUT2D eigenvalue weighted by atomic mass is 15.0. The first-order valence-electron chi connectivity index (χ1n) is 32.2. The van der Waals surface area contributed by atoms with Gasteiger partial charge in [0.2, 0.25) is 0 Å². The number of hydrogen-bond acceptors (Lipinski definition) is 2. The number of fused-ring (bicyclic) bond motifs is 16. The van der Waals surface area contributed by atoms with Gasteiger partial charge in [-0.25, -0.2) is 9.97 Å². The zero-order valence-corrected chi connectivity index (χ0v) is 50.9. The summed E-state index contributed by atoms with van der Waals surface area (Å²) < 4.78 is 9.62. The second-order valence-corrected chi connectivity index (χ2v) is 24.9. The minimum atomic E-state index is 0.670. The molecule has 0 unspecified atom stereocenters. The molecule has 6 nitrogen and oxygen atoms in total. The molecular weight excluding hydrogens is 1140 g/mol. The van der Waals surface area contributed by atoms with E-state index in [0.29, 0.717) is 5.82 Å². The number of nitrogens with zero attached hydrogens (tertiary/aromatic N) is 6. The molecule has 94 heavy (non-hydrogen) atoms. The van der Waals surface area contributed by atoms with E-state index in [-0.39, 0.29) is 0 Å². The highest BCUT2D eigenvalue weighted by Crippen LogP contribution is 2.44. The van der Waals surface area contributed by atoms with Gasteiger partial charge in [-0.05, 0) is 166 Å². The van der Waals surface area contributed by atoms with Gasteiger partial charge in [0.1, 0.15) is 0 Å². The Morgan fingerprint density at radius 1 is 0.202 bits per heavy atom. The lowest BCUT2D eigenvalue weighted by atomic mass is 9.99. The van der Waals surface area contributed by atoms with Crippen molar-refractivity contribution in [3.63, 3.8) is 0 Å². The monoisotopic (exact) mass is 1190 g/mol. The first-order chi connectivity index (χ1) is 46.6. The van der Waals surface area contributed by atoms with Gasteiger partial charge in [-0.1, -0.05) is 200 Å². The first-order valence-corrected chi connectivity index (χ1v) is 32.2. The van der Waals surface area contributed by atoms with E-state index in [1.165, 1.54) is 87.4 Å². The normalized spacial score (nSPS) is 12.0. The minimum Gasteiger partial charge on any atom is -0.309 e. The Bertz CT molecular complexity index is 6540. The molecule has 0 saturated carbocycles. The molecule has 0 aliphatic carbocycles. The molecule has 0 aliphatic heterocycles. The Morgan fingerprint density at radius 2 is 0.596 bits per heavy atom. The molecule has 20 rings (SSSR count). The van der Waals surface area contributed by atoms with E-state index >= 15 is 0 Å². The summed E-state index contributed by atoms with van der Waals surface area (Å²) in [5.74, 6) is 0.670. The van der Waals surface area contributed by atoms with E-state index in [4.69, 9.17) is 9.97 Å². The molecule has 6 heteroatoms. The zero-order chi connectivity index (χ0) is 61.5. The van der Waals surface area contributed by atoms with Crippen LogP contribution in [0, 0.1) is 0 Å². The van der Waals surface area contributed by atoms with E-state index < -0.39 is 0 Å². The van der Waals surface area contributed by atoms with Gasteiger partial charge < -0.3 is 18.3 Å². The summed E-state index contributed by atoms with van der Waals surface area (Å²) in [6, 6.07) is 120. The van der Waals surface area contributed by atoms with Crippen LogP contribution in [0.2, 0.25) is 0 Å². The van der Waals surface area contributed by atoms with Crippen molar-refractivity contribution in [3.05, 3.63) is 328 Å². The van der Waals surface area contributed by atoms with Crippen molar-refractivity contribution >= 4 is 120 Å². The highest BCUT2D eigenvalue weighted by Gasteiger charge is 2.23. The maximum Gasteiger partial charge on any atom is 0.160 e. The molecular formula is C88H54N6. The fourth-order valence-electron chi connectivity index (χ4n) is 15.4. The van der Waals surface area contributed by atoms with E-state index in [2.05, 4.69) is 346 Å². The van der Waals surface area contributed by atoms with Gasteiger partial charge in [0, 0.05) is 82.1 Å². The van der Waals surface area contributed by atoms with Crippen LogP contribution in [0.3, 0.4) is 0 Å². The van der Waals surface area contributed by atoms with Crippen LogP contribution >= 0.6 is 0 Å². The molecule has 0 aliphatic rings. The molecule has 20 aromatic rings. The largest absolute Gasteiger partial charge is 0.309 e. The second kappa shape index (κ2) is 20.4. The summed E-state index contributed by atoms with van der Waals surface area (Å²) in [7, 11) is 0. The fourth-order valence-corrected chi connectivity index (χ4v) is 15.4. The average molecular weight is 1200 g/mol. The van der Waals surface area contributed by atoms with Crippen molar-refractivity contribution in [3.8, 4) is 67.6 Å². The third-order valence-electron chi connectivity index (χ3n) is 19.7. The highest BCUT2D eigenvalue weighted by molar-refractivity contribution is 6.16. The fraction of sp³-hybridized carbons (Fsp3) is 0. The summed E-state index contributed by atoms with van der Waals surface area (Å²) in [5, 5.41) is 15.2. The molecule has 0 fully saturated rings. The van der Waals surface area contributed by atoms with Crippen LogP contribution in [-0.2, 0) is 0 Å². The number of para-hydroxylation sites is 7. The van der Waals surface area contributed by atoms with Crippen molar-refractivity contribution in [2.45, 2.75) is 0 Å². The van der Waals surface area contributed by atoms with Crippen LogP contribution < -0.4 is 0 Å². The first kappa shape index (κ1) is 52.2. The molecule has 0 atom stereocenters. The average Bonchev–Trinajstić information content (AvgIpc) is 1.50. The maximum absolute atomic E-state index is 5.71. The van der Waals surface area contributed by atoms with Crippen LogP contribution in [0.4, 0.5) is 0 Å². The lowest BCUT2D eigenvalue weighted by Gasteiger charge is -2.17. The third kappa shape index (κ3) is 7.90. The van der Waals surface area contributed by atoms with Crippen molar-refractivity contribution in [1.82, 2.24) is 28.2 Å². The van der Waals surface area contributed by atoms with E-state index in [0.717, 1.165) is 94.1 Å². The minimum absolute atomic E-state index is 0.670. The molecule has 0 amide bonds. The van der Waals surface area contributed by atoms with Gasteiger partial charge in [-0.15, -0.1) is 0 Å². The Labute approximate surface area is 540 Å². The quantitative estimate of drug-likeness (QED) is 0.142. The van der Waals surface area contributed by atoms with Gasteiger partial charge in [0.05, 0.1) is 61.0 Å². The number of hydrogen-bond donors (Lipinski definition) is 0. The van der Waals surface area contributed by atoms with Crippen LogP contribution in [0.15, 0.2) is 328 Å². The maximum atomic E-state index is 5.71. The molecule has 0 N–H and O–H groups in total. The lowest BCUT2D eigenvalue weighted by Crippen LogP contribution is -2.01. The smallest absolute Gasteiger partial charge is 0.160 e. The van der Waals surface area contributed by atoms with Gasteiger partial charge in [-0.2, -0.15) is 0 Å². The number of aromatic nitrogens is 6. The molecule has 5 aromatic heterocycles. The summed E-state index contributed by atoms with van der Waals surface area (Å²) >= 11 is 0. The Balaban J connectivity index is 0.708. The summed E-state index contributed by atoms with van der Waals surface area (Å²) in [6.45, 7) is 0. The summed E-state index contributed by atoms with van der Waals surface area (Å²) in [5.41, 5.74) is 22.3. The van der Waals surface area contributed by atoms with Crippen molar-refractivity contribution < 1.29 is 0 Å². The summed E-state index contributed by atoms with van der Waals surface area (Å²) in [4.78, 5) is 11.3. The van der Waals surface area contributed by atoms with Gasteiger partial charge >= 0.3 is 0 Å². The summed E-state index contributed by atoms with van der Waals surface area (Å²) in [6.07, 6.45) is 0. The standard InChI is InChI=1S/C88H54N6/c1-3-20-63(21-4-1)91-77-30-14-9-25-67(77)73-51-57(39-45-82(73)91)59-41-47-84-75(53-59)69-27-11-16-32-79(69)93(84)65-43-37-55-35-36-61(49-62(55)50-65)88-89-86-66-24-8-7-19-56(66)38-44-72(86)87(90-88)71-29-13-18-34-81(71)94-80-33-17-12-28-70(80)76-54-60(42-48-85(76)94)58-40-46-83-74(52-58)68-26-10-15-31-78(68)92(83)64-22-5-2-6-23-64/h1-54H. The van der Waals surface area contributed by atoms with E-state index in [1.807, 2.05) is 0 Å². The van der Waals surface area contributed by atoms with Gasteiger partial charge in [0.15, 0.2) is 5.82 Å². The van der Waals surface area contributed by atoms with Crippen LogP contribution in [0.25, 0.3) is 187 Å². The molecule has 0 radical (unpaired) electrons. The van der Waals surface area contributed by atoms with Crippen molar-refractivity contribution in [1.29, 1.82) is 0 Å². The van der Waals surface area contributed by atoms with Crippen molar-refractivity contribution in [2.75, 3.05) is 0 Å². The number of rotatable bonds is 8. The predicted molar refractivity (Wildman–Crippen MR) is 394 cm³/mol. The predicted octanol–water partition coefficient (Wildman–Crippen LogP) is 23.0. The van der Waals surface area contributed by atoms with Crippen LogP contribution in [0.1, 0.15) is 0 Å². The topological polar surface area (TPSA) is 45.5 Å². The van der Waals surface area contributed by atoms with Gasteiger partial charge in [0.25, 0.3) is 0 Å². The molecule has 0 saturated heterocycles. The zero-order valence-electron chi connectivity index (χ0n) is 50.9. The van der Waals surface area contributed by atoms with E-state index in [9.17, 15) is 0 Å². The second-order valence-electron chi connectivity index (χ2n) is 24.9. The SMILES string of the molecule is c1ccc(-n2c3ccccc3c3cc(-c4ccc5c(c4)c4ccccc4n5-c4ccc5ccc(-c6nc(-c7ccccc7-n7c8ccccc8c8cc(-c9ccc%10c(c9)c9ccccc9n%10-c9ccccc9)ccc87)c7ccc8ccccc8c7n6)cc5c4)ccc32)cc1. The molecule has 15 aromatic carbocycles. The van der Waals surface area contributed by atoms with Crippen molar-refractivity contribution in [2.24, 2.45) is 0 Å². The molecule has 436 valence electrons.